The molecule has 0 saturated carbocycles. The summed E-state index contributed by atoms with van der Waals surface area (Å²) in [6, 6.07) is 14.3. The number of hydrogen-bond donors (Lipinski definition) is 1. The highest BCUT2D eigenvalue weighted by Gasteiger charge is 2.22. The highest BCUT2D eigenvalue weighted by molar-refractivity contribution is 5.96. The smallest absolute Gasteiger partial charge is 0.335 e. The zero-order valence-electron chi connectivity index (χ0n) is 19.1. The summed E-state index contributed by atoms with van der Waals surface area (Å²) in [5.74, 6) is -0.146. The van der Waals surface area contributed by atoms with Gasteiger partial charge in [0, 0.05) is 44.0 Å². The van der Waals surface area contributed by atoms with Crippen molar-refractivity contribution in [2.24, 2.45) is 0 Å². The van der Waals surface area contributed by atoms with Crippen LogP contribution in [0.3, 0.4) is 0 Å². The predicted octanol–water partition coefficient (Wildman–Crippen LogP) is 3.60. The third-order valence-corrected chi connectivity index (χ3v) is 6.48. The molecular weight excluding hydrogens is 418 g/mol. The molecule has 2 aromatic carbocycles. The Morgan fingerprint density at radius 1 is 0.788 bits per heavy atom. The van der Waals surface area contributed by atoms with Crippen molar-refractivity contribution in [1.82, 2.24) is 9.80 Å². The van der Waals surface area contributed by atoms with Crippen LogP contribution >= 0.6 is 0 Å². The van der Waals surface area contributed by atoms with E-state index in [-0.39, 0.29) is 11.5 Å². The molecule has 0 radical (unpaired) electrons. The molecule has 0 unspecified atom stereocenters. The van der Waals surface area contributed by atoms with E-state index >= 15 is 0 Å². The molecule has 2 saturated heterocycles. The first kappa shape index (κ1) is 23.1. The zero-order valence-corrected chi connectivity index (χ0v) is 19.1. The molecule has 0 bridgehead atoms. The van der Waals surface area contributed by atoms with Crippen LogP contribution in [0, 0.1) is 0 Å². The molecule has 2 fully saturated rings. The van der Waals surface area contributed by atoms with Gasteiger partial charge in [0.05, 0.1) is 12.2 Å². The molecule has 2 aromatic rings. The van der Waals surface area contributed by atoms with Crippen molar-refractivity contribution < 1.29 is 19.4 Å². The monoisotopic (exact) mass is 451 g/mol. The Labute approximate surface area is 195 Å². The molecule has 33 heavy (non-hydrogen) atoms. The molecule has 176 valence electrons. The van der Waals surface area contributed by atoms with Gasteiger partial charge in [0.15, 0.2) is 0 Å². The number of piperazine rings is 1. The molecule has 7 heteroatoms. The number of anilines is 1. The van der Waals surface area contributed by atoms with E-state index in [0.717, 1.165) is 44.1 Å². The van der Waals surface area contributed by atoms with Gasteiger partial charge in [-0.3, -0.25) is 4.79 Å². The fourth-order valence-corrected chi connectivity index (χ4v) is 4.52. The maximum absolute atomic E-state index is 12.7. The van der Waals surface area contributed by atoms with Crippen LogP contribution in [0.5, 0.6) is 5.75 Å². The molecule has 0 spiro atoms. The van der Waals surface area contributed by atoms with Crippen molar-refractivity contribution >= 4 is 17.6 Å². The lowest BCUT2D eigenvalue weighted by Gasteiger charge is -2.36. The first-order valence-corrected chi connectivity index (χ1v) is 11.9. The quantitative estimate of drug-likeness (QED) is 0.619. The number of piperidine rings is 1. The summed E-state index contributed by atoms with van der Waals surface area (Å²) in [4.78, 5) is 30.4. The maximum atomic E-state index is 12.7. The summed E-state index contributed by atoms with van der Waals surface area (Å²) < 4.78 is 5.93. The van der Waals surface area contributed by atoms with Gasteiger partial charge in [0.2, 0.25) is 0 Å². The van der Waals surface area contributed by atoms with Crippen molar-refractivity contribution in [1.29, 1.82) is 0 Å². The second-order valence-electron chi connectivity index (χ2n) is 8.76. The van der Waals surface area contributed by atoms with E-state index in [4.69, 9.17) is 9.84 Å². The van der Waals surface area contributed by atoms with Gasteiger partial charge in [-0.25, -0.2) is 4.79 Å². The minimum atomic E-state index is -0.989. The molecule has 7 nitrogen and oxygen atoms in total. The largest absolute Gasteiger partial charge is 0.494 e. The van der Waals surface area contributed by atoms with E-state index in [2.05, 4.69) is 21.9 Å². The molecule has 0 aromatic heterocycles. The first-order valence-electron chi connectivity index (χ1n) is 11.9. The average molecular weight is 452 g/mol. The third kappa shape index (κ3) is 6.26. The van der Waals surface area contributed by atoms with Gasteiger partial charge in [-0.2, -0.15) is 0 Å². The topological polar surface area (TPSA) is 73.3 Å². The Morgan fingerprint density at radius 3 is 2.06 bits per heavy atom. The Kier molecular flexibility index (Phi) is 7.83. The number of benzene rings is 2. The second-order valence-corrected chi connectivity index (χ2v) is 8.76. The van der Waals surface area contributed by atoms with Crippen molar-refractivity contribution in [3.05, 3.63) is 59.7 Å². The number of amides is 1. The van der Waals surface area contributed by atoms with Gasteiger partial charge in [0.25, 0.3) is 5.91 Å². The van der Waals surface area contributed by atoms with Crippen LogP contribution in [0.15, 0.2) is 48.5 Å². The summed E-state index contributed by atoms with van der Waals surface area (Å²) >= 11 is 0. The number of likely N-dealkylation sites (tertiary alicyclic amines) is 1. The van der Waals surface area contributed by atoms with Crippen LogP contribution in [-0.4, -0.2) is 79.2 Å². The van der Waals surface area contributed by atoms with Crippen LogP contribution in [0.1, 0.15) is 46.4 Å². The molecule has 2 aliphatic rings. The lowest BCUT2D eigenvalue weighted by molar-refractivity contribution is 0.0693. The lowest BCUT2D eigenvalue weighted by atomic mass is 10.1. The van der Waals surface area contributed by atoms with Crippen molar-refractivity contribution in [3.63, 3.8) is 0 Å². The minimum Gasteiger partial charge on any atom is -0.494 e. The van der Waals surface area contributed by atoms with Gasteiger partial charge in [-0.1, -0.05) is 6.42 Å². The Balaban J connectivity index is 1.20. The molecule has 0 atom stereocenters. The number of carboxylic acids is 1. The predicted molar refractivity (Wildman–Crippen MR) is 128 cm³/mol. The van der Waals surface area contributed by atoms with Crippen molar-refractivity contribution in [2.75, 3.05) is 57.3 Å². The third-order valence-electron chi connectivity index (χ3n) is 6.48. The highest BCUT2D eigenvalue weighted by atomic mass is 16.5. The van der Waals surface area contributed by atoms with Crippen LogP contribution in [0.2, 0.25) is 0 Å². The van der Waals surface area contributed by atoms with Crippen LogP contribution in [0.4, 0.5) is 5.69 Å². The van der Waals surface area contributed by atoms with Crippen molar-refractivity contribution in [2.45, 2.75) is 25.7 Å². The van der Waals surface area contributed by atoms with E-state index in [1.54, 1.807) is 12.1 Å². The number of rotatable bonds is 8. The van der Waals surface area contributed by atoms with Crippen LogP contribution in [0.25, 0.3) is 0 Å². The molecule has 4 rings (SSSR count). The molecular formula is C26H33N3O4. The number of carboxylic acid groups (broad SMARTS) is 1. The number of carbonyl (C=O) groups is 2. The average Bonchev–Trinajstić information content (AvgIpc) is 2.87. The SMILES string of the molecule is O=C(O)c1ccc(C(=O)N2CCN(c3ccc(OCCCN4CCCCC4)cc3)CC2)cc1. The molecule has 2 aliphatic heterocycles. The summed E-state index contributed by atoms with van der Waals surface area (Å²) in [6.45, 7) is 7.09. The number of aromatic carboxylic acids is 1. The highest BCUT2D eigenvalue weighted by Crippen LogP contribution is 2.22. The van der Waals surface area contributed by atoms with Crippen LogP contribution < -0.4 is 9.64 Å². The van der Waals surface area contributed by atoms with Gasteiger partial charge in [-0.05, 0) is 80.9 Å². The number of carbonyl (C=O) groups excluding carboxylic acids is 1. The summed E-state index contributed by atoms with van der Waals surface area (Å²) in [6.07, 6.45) is 5.07. The normalized spacial score (nSPS) is 17.1. The van der Waals surface area contributed by atoms with E-state index in [0.29, 0.717) is 18.7 Å². The Morgan fingerprint density at radius 2 is 1.42 bits per heavy atom. The summed E-state index contributed by atoms with van der Waals surface area (Å²) in [5, 5.41) is 9.01. The Bertz CT molecular complexity index is 916. The molecule has 1 amide bonds. The van der Waals surface area contributed by atoms with Gasteiger partial charge >= 0.3 is 5.97 Å². The number of hydrogen-bond acceptors (Lipinski definition) is 5. The van der Waals surface area contributed by atoms with Gasteiger partial charge < -0.3 is 24.5 Å². The fourth-order valence-electron chi connectivity index (χ4n) is 4.52. The molecule has 0 aliphatic carbocycles. The maximum Gasteiger partial charge on any atom is 0.335 e. The summed E-state index contributed by atoms with van der Waals surface area (Å²) in [7, 11) is 0. The number of nitrogens with zero attached hydrogens (tertiary/aromatic N) is 3. The van der Waals surface area contributed by atoms with Crippen LogP contribution in [-0.2, 0) is 0 Å². The van der Waals surface area contributed by atoms with Gasteiger partial charge in [0.1, 0.15) is 5.75 Å². The second kappa shape index (κ2) is 11.2. The minimum absolute atomic E-state index is 0.0557. The fraction of sp³-hybridized carbons (Fsp3) is 0.462. The van der Waals surface area contributed by atoms with Crippen molar-refractivity contribution in [3.8, 4) is 5.75 Å². The molecule has 1 N–H and O–H groups in total. The van der Waals surface area contributed by atoms with E-state index in [1.807, 2.05) is 17.0 Å². The molecule has 2 heterocycles. The van der Waals surface area contributed by atoms with E-state index in [9.17, 15) is 9.59 Å². The Hall–Kier alpha value is -3.06. The van der Waals surface area contributed by atoms with E-state index in [1.165, 1.54) is 44.5 Å². The van der Waals surface area contributed by atoms with E-state index < -0.39 is 5.97 Å². The zero-order chi connectivity index (χ0) is 23.0. The first-order chi connectivity index (χ1) is 16.1. The standard InChI is InChI=1S/C26H33N3O4/c30-25(21-5-7-22(8-6-21)26(31)32)29-18-16-28(17-19-29)23-9-11-24(12-10-23)33-20-4-15-27-13-2-1-3-14-27/h5-12H,1-4,13-20H2,(H,31,32). The van der Waals surface area contributed by atoms with Gasteiger partial charge in [-0.15, -0.1) is 0 Å². The lowest BCUT2D eigenvalue weighted by Crippen LogP contribution is -2.48. The number of ether oxygens (including phenoxy) is 1. The summed E-state index contributed by atoms with van der Waals surface area (Å²) in [5.41, 5.74) is 1.84.